The zero-order valence-corrected chi connectivity index (χ0v) is 21.8. The lowest BCUT2D eigenvalue weighted by Gasteiger charge is -2.57. The lowest BCUT2D eigenvalue weighted by Crippen LogP contribution is -2.49. The van der Waals surface area contributed by atoms with E-state index in [0.717, 1.165) is 52.9 Å². The van der Waals surface area contributed by atoms with Gasteiger partial charge in [-0.15, -0.1) is 0 Å². The van der Waals surface area contributed by atoms with Gasteiger partial charge in [0.15, 0.2) is 0 Å². The molecule has 4 fully saturated rings. The van der Waals surface area contributed by atoms with Gasteiger partial charge in [-0.3, -0.25) is 0 Å². The first-order valence-electron chi connectivity index (χ1n) is 14.4. The molecule has 4 aliphatic rings. The van der Waals surface area contributed by atoms with E-state index < -0.39 is 0 Å². The SMILES string of the molecule is CCC[C@H]1CC[C@@H]2C3CC[C@@]4(C)C(CCC4[C@H](C)Cc4ccc(C#N)cc4C)[C@@H]3CC[C@@H]2C1. The molecule has 1 aromatic carbocycles. The predicted molar refractivity (Wildman–Crippen MR) is 138 cm³/mol. The number of aryl methyl sites for hydroxylation is 1. The summed E-state index contributed by atoms with van der Waals surface area (Å²) < 4.78 is 0. The minimum Gasteiger partial charge on any atom is -0.192 e. The molecule has 1 aromatic rings. The number of fused-ring (bicyclic) bond motifs is 5. The van der Waals surface area contributed by atoms with E-state index in [1.165, 1.54) is 62.5 Å². The fourth-order valence-corrected chi connectivity index (χ4v) is 10.1. The van der Waals surface area contributed by atoms with Crippen LogP contribution in [0.1, 0.15) is 108 Å². The zero-order valence-electron chi connectivity index (χ0n) is 21.8. The Morgan fingerprint density at radius 3 is 2.61 bits per heavy atom. The fraction of sp³-hybridized carbons (Fsp3) is 0.781. The molecule has 0 aromatic heterocycles. The second-order valence-corrected chi connectivity index (χ2v) is 13.1. The van der Waals surface area contributed by atoms with Crippen molar-refractivity contribution in [3.63, 3.8) is 0 Å². The Kier molecular flexibility index (Phi) is 6.68. The van der Waals surface area contributed by atoms with E-state index in [9.17, 15) is 5.26 Å². The van der Waals surface area contributed by atoms with Crippen LogP contribution in [0.5, 0.6) is 0 Å². The number of benzene rings is 1. The molecule has 3 unspecified atom stereocenters. The molecule has 4 aliphatic carbocycles. The number of rotatable bonds is 5. The maximum atomic E-state index is 9.22. The van der Waals surface area contributed by atoms with Gasteiger partial charge in [0.2, 0.25) is 0 Å². The van der Waals surface area contributed by atoms with Crippen molar-refractivity contribution < 1.29 is 0 Å². The van der Waals surface area contributed by atoms with Crippen molar-refractivity contribution in [3.8, 4) is 6.07 Å². The molecule has 0 saturated heterocycles. The van der Waals surface area contributed by atoms with Gasteiger partial charge in [0, 0.05) is 0 Å². The van der Waals surface area contributed by atoms with Crippen LogP contribution in [-0.4, -0.2) is 0 Å². The van der Waals surface area contributed by atoms with Gasteiger partial charge in [0.05, 0.1) is 11.6 Å². The van der Waals surface area contributed by atoms with Crippen LogP contribution in [0.2, 0.25) is 0 Å². The van der Waals surface area contributed by atoms with Gasteiger partial charge in [-0.25, -0.2) is 0 Å². The third-order valence-corrected chi connectivity index (χ3v) is 11.5. The summed E-state index contributed by atoms with van der Waals surface area (Å²) in [6.45, 7) is 9.82. The van der Waals surface area contributed by atoms with Crippen LogP contribution in [0, 0.1) is 71.0 Å². The first kappa shape index (κ1) is 23.5. The first-order valence-corrected chi connectivity index (χ1v) is 14.4. The van der Waals surface area contributed by atoms with Gasteiger partial charge < -0.3 is 0 Å². The van der Waals surface area contributed by atoms with Gasteiger partial charge in [-0.05, 0) is 141 Å². The highest BCUT2D eigenvalue weighted by Gasteiger charge is 2.57. The quantitative estimate of drug-likeness (QED) is 0.444. The van der Waals surface area contributed by atoms with E-state index in [0.29, 0.717) is 5.41 Å². The second-order valence-electron chi connectivity index (χ2n) is 13.1. The van der Waals surface area contributed by atoms with Gasteiger partial charge in [-0.1, -0.05) is 46.1 Å². The van der Waals surface area contributed by atoms with Crippen molar-refractivity contribution in [2.24, 2.45) is 52.8 Å². The van der Waals surface area contributed by atoms with E-state index in [-0.39, 0.29) is 0 Å². The summed E-state index contributed by atoms with van der Waals surface area (Å²) in [6.07, 6.45) is 17.7. The molecule has 0 bridgehead atoms. The minimum absolute atomic E-state index is 0.563. The molecular formula is C32H47N. The van der Waals surface area contributed by atoms with Crippen molar-refractivity contribution in [1.82, 2.24) is 0 Å². The average Bonchev–Trinajstić information content (AvgIpc) is 3.17. The van der Waals surface area contributed by atoms with Crippen molar-refractivity contribution in [1.29, 1.82) is 5.26 Å². The molecule has 1 heteroatoms. The van der Waals surface area contributed by atoms with Crippen LogP contribution in [0.3, 0.4) is 0 Å². The third kappa shape index (κ3) is 4.19. The van der Waals surface area contributed by atoms with Crippen molar-refractivity contribution in [2.75, 3.05) is 0 Å². The molecule has 0 aliphatic heterocycles. The largest absolute Gasteiger partial charge is 0.192 e. The zero-order chi connectivity index (χ0) is 23.2. The van der Waals surface area contributed by atoms with E-state index >= 15 is 0 Å². The molecule has 0 spiro atoms. The van der Waals surface area contributed by atoms with Crippen molar-refractivity contribution in [2.45, 2.75) is 105 Å². The van der Waals surface area contributed by atoms with E-state index in [1.807, 2.05) is 6.07 Å². The first-order chi connectivity index (χ1) is 15.9. The number of nitrogens with zero attached hydrogens (tertiary/aromatic N) is 1. The van der Waals surface area contributed by atoms with Crippen LogP contribution in [0.15, 0.2) is 18.2 Å². The Bertz CT molecular complexity index is 879. The summed E-state index contributed by atoms with van der Waals surface area (Å²) in [4.78, 5) is 0. The molecule has 0 amide bonds. The molecule has 0 N–H and O–H groups in total. The highest BCUT2D eigenvalue weighted by atomic mass is 14.6. The number of hydrogen-bond acceptors (Lipinski definition) is 1. The normalized spacial score (nSPS) is 40.9. The average molecular weight is 446 g/mol. The Labute approximate surface area is 203 Å². The summed E-state index contributed by atoms with van der Waals surface area (Å²) >= 11 is 0. The Morgan fingerprint density at radius 2 is 1.85 bits per heavy atom. The Hall–Kier alpha value is -1.29. The van der Waals surface area contributed by atoms with Crippen LogP contribution in [0.25, 0.3) is 0 Å². The summed E-state index contributed by atoms with van der Waals surface area (Å²) in [6, 6.07) is 8.63. The van der Waals surface area contributed by atoms with Crippen LogP contribution >= 0.6 is 0 Å². The standard InChI is InChI=1S/C32H47N/c1-5-6-23-8-11-27-26(19-23)10-12-29-28(27)15-16-32(4)30(13-14-31(29)32)22(3)18-25-9-7-24(20-33)17-21(25)2/h7,9,17,22-23,26-31H,5-6,8,10-16,18-19H2,1-4H3/t22-,23+,26-,27+,28?,29-,30?,31?,32-/m1/s1. The fourth-order valence-electron chi connectivity index (χ4n) is 10.1. The van der Waals surface area contributed by atoms with Gasteiger partial charge in [0.25, 0.3) is 0 Å². The summed E-state index contributed by atoms with van der Waals surface area (Å²) in [7, 11) is 0. The molecule has 9 atom stereocenters. The number of hydrogen-bond donors (Lipinski definition) is 0. The predicted octanol–water partition coefficient (Wildman–Crippen LogP) is 8.73. The highest BCUT2D eigenvalue weighted by Crippen LogP contribution is 2.65. The molecular weight excluding hydrogens is 398 g/mol. The van der Waals surface area contributed by atoms with Gasteiger partial charge >= 0.3 is 0 Å². The van der Waals surface area contributed by atoms with Crippen molar-refractivity contribution in [3.05, 3.63) is 34.9 Å². The molecule has 0 radical (unpaired) electrons. The molecule has 1 nitrogen and oxygen atoms in total. The summed E-state index contributed by atoms with van der Waals surface area (Å²) in [5.41, 5.74) is 4.13. The monoisotopic (exact) mass is 445 g/mol. The van der Waals surface area contributed by atoms with Crippen LogP contribution in [0.4, 0.5) is 0 Å². The molecule has 4 saturated carbocycles. The number of nitriles is 1. The Balaban J connectivity index is 1.27. The molecule has 33 heavy (non-hydrogen) atoms. The molecule has 5 rings (SSSR count). The van der Waals surface area contributed by atoms with Gasteiger partial charge in [-0.2, -0.15) is 5.26 Å². The smallest absolute Gasteiger partial charge is 0.0991 e. The van der Waals surface area contributed by atoms with Crippen molar-refractivity contribution >= 4 is 0 Å². The Morgan fingerprint density at radius 1 is 1.03 bits per heavy atom. The minimum atomic E-state index is 0.563. The van der Waals surface area contributed by atoms with E-state index in [1.54, 1.807) is 25.7 Å². The molecule has 180 valence electrons. The lowest BCUT2D eigenvalue weighted by atomic mass is 9.48. The second kappa shape index (κ2) is 9.40. The van der Waals surface area contributed by atoms with E-state index in [4.69, 9.17) is 0 Å². The summed E-state index contributed by atoms with van der Waals surface area (Å²) in [5, 5.41) is 9.22. The van der Waals surface area contributed by atoms with Gasteiger partial charge in [0.1, 0.15) is 0 Å². The highest BCUT2D eigenvalue weighted by molar-refractivity contribution is 5.37. The summed E-state index contributed by atoms with van der Waals surface area (Å²) in [5.74, 6) is 7.86. The van der Waals surface area contributed by atoms with E-state index in [2.05, 4.69) is 45.9 Å². The van der Waals surface area contributed by atoms with Crippen LogP contribution < -0.4 is 0 Å². The topological polar surface area (TPSA) is 23.8 Å². The maximum absolute atomic E-state index is 9.22. The van der Waals surface area contributed by atoms with Crippen LogP contribution in [-0.2, 0) is 6.42 Å². The molecule has 0 heterocycles. The third-order valence-electron chi connectivity index (χ3n) is 11.5. The lowest BCUT2D eigenvalue weighted by molar-refractivity contribution is -0.0740. The maximum Gasteiger partial charge on any atom is 0.0991 e.